The van der Waals surface area contributed by atoms with Crippen LogP contribution in [0.5, 0.6) is 5.75 Å². The molecule has 0 bridgehead atoms. The van der Waals surface area contributed by atoms with Crippen LogP contribution in [0.1, 0.15) is 12.0 Å². The summed E-state index contributed by atoms with van der Waals surface area (Å²) in [5, 5.41) is 0. The second kappa shape index (κ2) is 11.0. The third-order valence-corrected chi connectivity index (χ3v) is 6.18. The van der Waals surface area contributed by atoms with E-state index in [1.54, 1.807) is 66.2 Å². The Kier molecular flexibility index (Phi) is 7.83. The van der Waals surface area contributed by atoms with Gasteiger partial charge in [0.05, 0.1) is 11.4 Å². The van der Waals surface area contributed by atoms with Gasteiger partial charge in [0.2, 0.25) is 0 Å². The number of nitrogens with zero attached hydrogens (tertiary/aromatic N) is 4. The minimum Gasteiger partial charge on any atom is -0.482 e. The van der Waals surface area contributed by atoms with E-state index in [9.17, 15) is 22.8 Å². The number of anilines is 1. The summed E-state index contributed by atoms with van der Waals surface area (Å²) in [4.78, 5) is 29.9. The Morgan fingerprint density at radius 3 is 2.25 bits per heavy atom. The van der Waals surface area contributed by atoms with Crippen molar-refractivity contribution in [3.05, 3.63) is 87.2 Å². The van der Waals surface area contributed by atoms with Crippen molar-refractivity contribution in [1.82, 2.24) is 14.0 Å². The molecular weight excluding hydrogens is 473 g/mol. The molecule has 0 atom stereocenters. The average molecular weight is 503 g/mol. The zero-order chi connectivity index (χ0) is 25.7. The van der Waals surface area contributed by atoms with Gasteiger partial charge in [-0.3, -0.25) is 14.3 Å². The van der Waals surface area contributed by atoms with Crippen LogP contribution in [0.4, 0.5) is 18.9 Å². The zero-order valence-electron chi connectivity index (χ0n) is 20.1. The number of halogens is 3. The second-order valence-corrected chi connectivity index (χ2v) is 8.82. The highest BCUT2D eigenvalue weighted by molar-refractivity contribution is 5.58. The SMILES string of the molecule is Cc1cn(CCCN2CCN(c3ccccc3OCC(F)(F)F)CC2)c(=O)n(-c2ccccc2)c1=O. The maximum absolute atomic E-state index is 13.0. The lowest BCUT2D eigenvalue weighted by atomic mass is 10.2. The smallest absolute Gasteiger partial charge is 0.422 e. The number of piperazine rings is 1. The molecule has 1 saturated heterocycles. The highest BCUT2D eigenvalue weighted by Gasteiger charge is 2.29. The number of aromatic nitrogens is 2. The van der Waals surface area contributed by atoms with Crippen molar-refractivity contribution >= 4 is 5.69 Å². The van der Waals surface area contributed by atoms with Crippen molar-refractivity contribution in [3.63, 3.8) is 0 Å². The van der Waals surface area contributed by atoms with Crippen molar-refractivity contribution < 1.29 is 17.9 Å². The third-order valence-electron chi connectivity index (χ3n) is 6.18. The molecule has 2 aromatic carbocycles. The van der Waals surface area contributed by atoms with Gasteiger partial charge >= 0.3 is 11.9 Å². The van der Waals surface area contributed by atoms with E-state index in [1.807, 2.05) is 11.0 Å². The van der Waals surface area contributed by atoms with Crippen LogP contribution in [0, 0.1) is 6.92 Å². The highest BCUT2D eigenvalue weighted by Crippen LogP contribution is 2.30. The number of benzene rings is 2. The number of para-hydroxylation sites is 3. The van der Waals surface area contributed by atoms with Crippen LogP contribution < -0.4 is 20.9 Å². The van der Waals surface area contributed by atoms with Gasteiger partial charge in [-0.2, -0.15) is 13.2 Å². The van der Waals surface area contributed by atoms with E-state index in [2.05, 4.69) is 4.90 Å². The third kappa shape index (κ3) is 6.17. The van der Waals surface area contributed by atoms with E-state index in [0.717, 1.165) is 26.1 Å². The summed E-state index contributed by atoms with van der Waals surface area (Å²) in [7, 11) is 0. The predicted molar refractivity (Wildman–Crippen MR) is 132 cm³/mol. The van der Waals surface area contributed by atoms with E-state index in [0.29, 0.717) is 36.6 Å². The van der Waals surface area contributed by atoms with Gasteiger partial charge in [0.1, 0.15) is 5.75 Å². The van der Waals surface area contributed by atoms with Gasteiger partial charge in [0.25, 0.3) is 5.56 Å². The Bertz CT molecular complexity index is 1280. The maximum atomic E-state index is 13.0. The zero-order valence-corrected chi connectivity index (χ0v) is 20.1. The largest absolute Gasteiger partial charge is 0.482 e. The fourth-order valence-corrected chi connectivity index (χ4v) is 4.38. The minimum absolute atomic E-state index is 0.228. The van der Waals surface area contributed by atoms with Gasteiger partial charge in [-0.25, -0.2) is 9.36 Å². The van der Waals surface area contributed by atoms with Crippen LogP contribution in [0.3, 0.4) is 0 Å². The van der Waals surface area contributed by atoms with E-state index < -0.39 is 12.8 Å². The Morgan fingerprint density at radius 1 is 0.889 bits per heavy atom. The van der Waals surface area contributed by atoms with Gasteiger partial charge in [0, 0.05) is 44.5 Å². The van der Waals surface area contributed by atoms with Gasteiger partial charge in [-0.1, -0.05) is 30.3 Å². The lowest BCUT2D eigenvalue weighted by molar-refractivity contribution is -0.153. The highest BCUT2D eigenvalue weighted by atomic mass is 19.4. The standard InChI is InChI=1S/C26H29F3N4O3/c1-20-18-32(25(35)33(24(20)34)21-8-3-2-4-9-21)13-7-12-30-14-16-31(17-15-30)22-10-5-6-11-23(22)36-19-26(27,28)29/h2-6,8-11,18H,7,12-17,19H2,1H3. The Labute approximate surface area is 207 Å². The first-order valence-corrected chi connectivity index (χ1v) is 11.9. The van der Waals surface area contributed by atoms with Crippen LogP contribution in [0.25, 0.3) is 5.69 Å². The van der Waals surface area contributed by atoms with Crippen LogP contribution in [0.2, 0.25) is 0 Å². The van der Waals surface area contributed by atoms with Crippen molar-refractivity contribution in [2.75, 3.05) is 44.2 Å². The van der Waals surface area contributed by atoms with Crippen molar-refractivity contribution in [2.24, 2.45) is 0 Å². The first-order chi connectivity index (χ1) is 17.2. The van der Waals surface area contributed by atoms with Gasteiger partial charge in [0.15, 0.2) is 6.61 Å². The molecule has 0 amide bonds. The molecule has 0 radical (unpaired) electrons. The summed E-state index contributed by atoms with van der Waals surface area (Å²) >= 11 is 0. The topological polar surface area (TPSA) is 59.7 Å². The summed E-state index contributed by atoms with van der Waals surface area (Å²) in [6, 6.07) is 15.7. The molecular formula is C26H29F3N4O3. The molecule has 0 spiro atoms. The van der Waals surface area contributed by atoms with Crippen LogP contribution >= 0.6 is 0 Å². The molecule has 1 aliphatic rings. The molecule has 0 unspecified atom stereocenters. The molecule has 192 valence electrons. The lowest BCUT2D eigenvalue weighted by Gasteiger charge is -2.36. The molecule has 3 aromatic rings. The summed E-state index contributed by atoms with van der Waals surface area (Å²) in [6.07, 6.45) is -2.06. The first-order valence-electron chi connectivity index (χ1n) is 11.9. The van der Waals surface area contributed by atoms with Gasteiger partial charge in [-0.05, 0) is 44.2 Å². The summed E-state index contributed by atoms with van der Waals surface area (Å²) in [6.45, 7) is 4.41. The minimum atomic E-state index is -4.39. The molecule has 1 aromatic heterocycles. The van der Waals surface area contributed by atoms with E-state index in [4.69, 9.17) is 4.74 Å². The van der Waals surface area contributed by atoms with Crippen molar-refractivity contribution in [3.8, 4) is 11.4 Å². The Hall–Kier alpha value is -3.53. The average Bonchev–Trinajstić information content (AvgIpc) is 2.87. The molecule has 4 rings (SSSR count). The molecule has 10 heteroatoms. The lowest BCUT2D eigenvalue weighted by Crippen LogP contribution is -2.47. The van der Waals surface area contributed by atoms with E-state index in [1.165, 1.54) is 4.57 Å². The fraction of sp³-hybridized carbons (Fsp3) is 0.385. The summed E-state index contributed by atoms with van der Waals surface area (Å²) < 4.78 is 45.6. The van der Waals surface area contributed by atoms with Crippen LogP contribution in [-0.2, 0) is 6.54 Å². The Balaban J connectivity index is 1.34. The number of ether oxygens (including phenoxy) is 1. The van der Waals surface area contributed by atoms with Crippen molar-refractivity contribution in [2.45, 2.75) is 26.1 Å². The molecule has 0 saturated carbocycles. The van der Waals surface area contributed by atoms with Crippen molar-refractivity contribution in [1.29, 1.82) is 0 Å². The van der Waals surface area contributed by atoms with Gasteiger partial charge < -0.3 is 9.64 Å². The number of aryl methyl sites for hydroxylation is 2. The quantitative estimate of drug-likeness (QED) is 0.472. The second-order valence-electron chi connectivity index (χ2n) is 8.82. The fourth-order valence-electron chi connectivity index (χ4n) is 4.38. The molecule has 36 heavy (non-hydrogen) atoms. The molecule has 0 N–H and O–H groups in total. The Morgan fingerprint density at radius 2 is 1.56 bits per heavy atom. The monoisotopic (exact) mass is 502 g/mol. The number of hydrogen-bond acceptors (Lipinski definition) is 5. The normalized spacial score (nSPS) is 14.7. The maximum Gasteiger partial charge on any atom is 0.422 e. The van der Waals surface area contributed by atoms with E-state index in [-0.39, 0.29) is 17.0 Å². The molecule has 1 aliphatic heterocycles. The number of hydrogen-bond donors (Lipinski definition) is 0. The molecule has 1 fully saturated rings. The van der Waals surface area contributed by atoms with E-state index >= 15 is 0 Å². The van der Waals surface area contributed by atoms with Crippen LogP contribution in [-0.4, -0.2) is 59.5 Å². The number of rotatable bonds is 8. The van der Waals surface area contributed by atoms with Gasteiger partial charge in [-0.15, -0.1) is 0 Å². The predicted octanol–water partition coefficient (Wildman–Crippen LogP) is 3.46. The van der Waals surface area contributed by atoms with Crippen LogP contribution in [0.15, 0.2) is 70.4 Å². The first kappa shape index (κ1) is 25.6. The molecule has 0 aliphatic carbocycles. The summed E-state index contributed by atoms with van der Waals surface area (Å²) in [5.41, 5.74) is 1.01. The summed E-state index contributed by atoms with van der Waals surface area (Å²) in [5.74, 6) is 0.228. The number of alkyl halides is 3. The molecule has 7 nitrogen and oxygen atoms in total. The molecule has 2 heterocycles.